The van der Waals surface area contributed by atoms with Gasteiger partial charge in [0, 0.05) is 14.2 Å². The largest absolute Gasteiger partial charge is 0.331 e. The fourth-order valence-corrected chi connectivity index (χ4v) is 2.54. The molecule has 2 aromatic rings. The molecule has 0 fully saturated rings. The maximum absolute atomic E-state index is 12.0. The fourth-order valence-electron chi connectivity index (χ4n) is 1.52. The van der Waals surface area contributed by atoms with Crippen molar-refractivity contribution in [3.8, 4) is 0 Å². The van der Waals surface area contributed by atoms with Gasteiger partial charge in [0.25, 0.3) is 5.91 Å². The van der Waals surface area contributed by atoms with Crippen molar-refractivity contribution < 1.29 is 4.79 Å². The first kappa shape index (κ1) is 16.5. The molecule has 0 aromatic heterocycles. The van der Waals surface area contributed by atoms with Crippen LogP contribution in [0.3, 0.4) is 0 Å². The summed E-state index contributed by atoms with van der Waals surface area (Å²) in [5, 5.41) is 6.57. The molecule has 0 bridgehead atoms. The maximum atomic E-state index is 12.0. The van der Waals surface area contributed by atoms with Gasteiger partial charge >= 0.3 is 0 Å². The molecular weight excluding hydrogens is 442 g/mol. The first-order chi connectivity index (χ1) is 9.95. The molecule has 2 rings (SSSR count). The number of anilines is 1. The van der Waals surface area contributed by atoms with E-state index in [-0.39, 0.29) is 11.0 Å². The van der Waals surface area contributed by atoms with Crippen LogP contribution >= 0.6 is 58.0 Å². The Morgan fingerprint density at radius 2 is 1.76 bits per heavy atom. The topological polar surface area (TPSA) is 41.1 Å². The van der Waals surface area contributed by atoms with Crippen molar-refractivity contribution in [2.45, 2.75) is 0 Å². The van der Waals surface area contributed by atoms with Gasteiger partial charge in [-0.3, -0.25) is 10.1 Å². The Kier molecular flexibility index (Phi) is 5.80. The number of carbonyl (C=O) groups excluding carboxylic acids is 1. The first-order valence-corrected chi connectivity index (χ1v) is 8.03. The highest BCUT2D eigenvalue weighted by Crippen LogP contribution is 2.25. The molecule has 2 N–H and O–H groups in total. The van der Waals surface area contributed by atoms with Crippen LogP contribution in [0.1, 0.15) is 10.4 Å². The zero-order chi connectivity index (χ0) is 15.4. The molecular formula is C14H9Cl2IN2OS. The van der Waals surface area contributed by atoms with E-state index in [9.17, 15) is 4.79 Å². The lowest BCUT2D eigenvalue weighted by Crippen LogP contribution is -2.34. The summed E-state index contributed by atoms with van der Waals surface area (Å²) in [6.07, 6.45) is 0. The number of rotatable bonds is 2. The molecule has 0 heterocycles. The smallest absolute Gasteiger partial charge is 0.257 e. The SMILES string of the molecule is O=C(NC(=S)Nc1ccc(Cl)cc1Cl)c1ccc(I)cc1. The van der Waals surface area contributed by atoms with E-state index in [0.717, 1.165) is 3.57 Å². The van der Waals surface area contributed by atoms with Crippen molar-refractivity contribution in [3.63, 3.8) is 0 Å². The van der Waals surface area contributed by atoms with Crippen molar-refractivity contribution in [1.82, 2.24) is 5.32 Å². The summed E-state index contributed by atoms with van der Waals surface area (Å²) in [4.78, 5) is 12.0. The zero-order valence-corrected chi connectivity index (χ0v) is 15.0. The van der Waals surface area contributed by atoms with Gasteiger partial charge in [-0.2, -0.15) is 0 Å². The summed E-state index contributed by atoms with van der Waals surface area (Å²) in [6, 6.07) is 12.1. The second-order valence-electron chi connectivity index (χ2n) is 4.04. The molecule has 0 aliphatic carbocycles. The summed E-state index contributed by atoms with van der Waals surface area (Å²) in [5.74, 6) is -0.283. The Labute approximate surface area is 151 Å². The highest BCUT2D eigenvalue weighted by atomic mass is 127. The third-order valence-corrected chi connectivity index (χ3v) is 3.98. The van der Waals surface area contributed by atoms with Crippen LogP contribution in [0.15, 0.2) is 42.5 Å². The summed E-state index contributed by atoms with van der Waals surface area (Å²) in [7, 11) is 0. The lowest BCUT2D eigenvalue weighted by Gasteiger charge is -2.11. The Morgan fingerprint density at radius 3 is 2.38 bits per heavy atom. The van der Waals surface area contributed by atoms with Crippen LogP contribution in [0.2, 0.25) is 10.0 Å². The van der Waals surface area contributed by atoms with Crippen LogP contribution in [0.4, 0.5) is 5.69 Å². The van der Waals surface area contributed by atoms with Gasteiger partial charge in [0.15, 0.2) is 5.11 Å². The molecule has 0 spiro atoms. The van der Waals surface area contributed by atoms with E-state index >= 15 is 0 Å². The van der Waals surface area contributed by atoms with Gasteiger partial charge in [0.1, 0.15) is 0 Å². The molecule has 0 saturated heterocycles. The van der Waals surface area contributed by atoms with Gasteiger partial charge in [-0.05, 0) is 77.3 Å². The quantitative estimate of drug-likeness (QED) is 0.513. The number of hydrogen-bond donors (Lipinski definition) is 2. The fraction of sp³-hybridized carbons (Fsp3) is 0. The number of benzene rings is 2. The lowest BCUT2D eigenvalue weighted by molar-refractivity contribution is 0.0977. The Balaban J connectivity index is 2.01. The molecule has 21 heavy (non-hydrogen) atoms. The molecule has 0 aliphatic rings. The third-order valence-electron chi connectivity index (χ3n) is 2.51. The number of thiocarbonyl (C=S) groups is 1. The third kappa shape index (κ3) is 4.81. The van der Waals surface area contributed by atoms with Gasteiger partial charge < -0.3 is 5.32 Å². The maximum Gasteiger partial charge on any atom is 0.257 e. The molecule has 2 aromatic carbocycles. The van der Waals surface area contributed by atoms with Crippen molar-refractivity contribution in [1.29, 1.82) is 0 Å². The average molecular weight is 451 g/mol. The number of halogens is 3. The van der Waals surface area contributed by atoms with Crippen LogP contribution < -0.4 is 10.6 Å². The van der Waals surface area contributed by atoms with E-state index in [0.29, 0.717) is 21.3 Å². The molecule has 3 nitrogen and oxygen atoms in total. The van der Waals surface area contributed by atoms with Crippen molar-refractivity contribution in [2.75, 3.05) is 5.32 Å². The summed E-state index contributed by atoms with van der Waals surface area (Å²) >= 11 is 19.1. The highest BCUT2D eigenvalue weighted by molar-refractivity contribution is 14.1. The Morgan fingerprint density at radius 1 is 1.10 bits per heavy atom. The minimum absolute atomic E-state index is 0.169. The normalized spacial score (nSPS) is 10.0. The minimum atomic E-state index is -0.283. The second-order valence-corrected chi connectivity index (χ2v) is 6.54. The van der Waals surface area contributed by atoms with Crippen LogP contribution in [-0.4, -0.2) is 11.0 Å². The first-order valence-electron chi connectivity index (χ1n) is 5.78. The van der Waals surface area contributed by atoms with Gasteiger partial charge in [0.05, 0.1) is 10.7 Å². The lowest BCUT2D eigenvalue weighted by atomic mass is 10.2. The molecule has 1 amide bonds. The van der Waals surface area contributed by atoms with Crippen LogP contribution in [0.25, 0.3) is 0 Å². The van der Waals surface area contributed by atoms with E-state index in [1.54, 1.807) is 30.3 Å². The summed E-state index contributed by atoms with van der Waals surface area (Å²) in [5.41, 5.74) is 1.11. The zero-order valence-electron chi connectivity index (χ0n) is 10.5. The Hall–Kier alpha value is -0.890. The number of carbonyl (C=O) groups is 1. The van der Waals surface area contributed by atoms with Crippen molar-refractivity contribution in [3.05, 3.63) is 61.6 Å². The van der Waals surface area contributed by atoms with Gasteiger partial charge in [-0.15, -0.1) is 0 Å². The molecule has 0 atom stereocenters. The molecule has 0 radical (unpaired) electrons. The standard InChI is InChI=1S/C14H9Cl2IN2OS/c15-9-3-6-12(11(16)7-9)18-14(21)19-13(20)8-1-4-10(17)5-2-8/h1-7H,(H2,18,19,20,21). The second kappa shape index (κ2) is 7.40. The predicted molar refractivity (Wildman–Crippen MR) is 99.3 cm³/mol. The van der Waals surface area contributed by atoms with Gasteiger partial charge in [-0.25, -0.2) is 0 Å². The van der Waals surface area contributed by atoms with Gasteiger partial charge in [0.2, 0.25) is 0 Å². The monoisotopic (exact) mass is 450 g/mol. The van der Waals surface area contributed by atoms with Crippen LogP contribution in [0.5, 0.6) is 0 Å². The Bertz CT molecular complexity index is 692. The molecule has 0 unspecified atom stereocenters. The van der Waals surface area contributed by atoms with E-state index < -0.39 is 0 Å². The van der Waals surface area contributed by atoms with Gasteiger partial charge in [-0.1, -0.05) is 23.2 Å². The average Bonchev–Trinajstić information content (AvgIpc) is 2.42. The van der Waals surface area contributed by atoms with Crippen LogP contribution in [-0.2, 0) is 0 Å². The number of hydrogen-bond acceptors (Lipinski definition) is 2. The summed E-state index contributed by atoms with van der Waals surface area (Å²) in [6.45, 7) is 0. The highest BCUT2D eigenvalue weighted by Gasteiger charge is 2.09. The summed E-state index contributed by atoms with van der Waals surface area (Å²) < 4.78 is 1.05. The van der Waals surface area contributed by atoms with Crippen molar-refractivity contribution in [2.24, 2.45) is 0 Å². The van der Waals surface area contributed by atoms with E-state index in [1.807, 2.05) is 12.1 Å². The molecule has 108 valence electrons. The van der Waals surface area contributed by atoms with Crippen LogP contribution in [0, 0.1) is 3.57 Å². The van der Waals surface area contributed by atoms with E-state index in [2.05, 4.69) is 33.2 Å². The minimum Gasteiger partial charge on any atom is -0.331 e. The molecule has 0 aliphatic heterocycles. The molecule has 0 saturated carbocycles. The number of nitrogens with one attached hydrogen (secondary N) is 2. The van der Waals surface area contributed by atoms with Crippen molar-refractivity contribution >= 4 is 74.7 Å². The predicted octanol–water partition coefficient (Wildman–Crippen LogP) is 4.72. The van der Waals surface area contributed by atoms with E-state index in [1.165, 1.54) is 0 Å². The number of amides is 1. The molecule has 7 heteroatoms. The van der Waals surface area contributed by atoms with E-state index in [4.69, 9.17) is 35.4 Å².